The van der Waals surface area contributed by atoms with Crippen LogP contribution in [0.5, 0.6) is 17.4 Å². The van der Waals surface area contributed by atoms with Gasteiger partial charge in [0.2, 0.25) is 5.88 Å². The van der Waals surface area contributed by atoms with Crippen molar-refractivity contribution in [3.05, 3.63) is 46.0 Å². The summed E-state index contributed by atoms with van der Waals surface area (Å²) in [6.45, 7) is 0. The molecule has 2 aromatic rings. The molecule has 1 heterocycles. The van der Waals surface area contributed by atoms with Crippen molar-refractivity contribution in [1.82, 2.24) is 4.98 Å². The van der Waals surface area contributed by atoms with E-state index in [0.29, 0.717) is 16.7 Å². The predicted molar refractivity (Wildman–Crippen MR) is 65.1 cm³/mol. The van der Waals surface area contributed by atoms with E-state index < -0.39 is 0 Å². The molecule has 5 heteroatoms. The number of hydrogen-bond acceptors (Lipinski definition) is 3. The van der Waals surface area contributed by atoms with Crippen LogP contribution in [0.15, 0.2) is 41.0 Å². The second-order valence-electron chi connectivity index (χ2n) is 3.03. The quantitative estimate of drug-likeness (QED) is 0.911. The highest BCUT2D eigenvalue weighted by atomic mass is 79.9. The topological polar surface area (TPSA) is 42.4 Å². The lowest BCUT2D eigenvalue weighted by Gasteiger charge is -2.06. The van der Waals surface area contributed by atoms with Gasteiger partial charge in [-0.25, -0.2) is 4.98 Å². The van der Waals surface area contributed by atoms with Crippen molar-refractivity contribution in [3.63, 3.8) is 0 Å². The first kappa shape index (κ1) is 11.2. The molecule has 0 saturated heterocycles. The predicted octanol–water partition coefficient (Wildman–Crippen LogP) is 4.00. The van der Waals surface area contributed by atoms with Gasteiger partial charge in [-0.15, -0.1) is 0 Å². The van der Waals surface area contributed by atoms with Crippen LogP contribution in [0.1, 0.15) is 0 Å². The highest BCUT2D eigenvalue weighted by Gasteiger charge is 2.04. The van der Waals surface area contributed by atoms with Gasteiger partial charge in [-0.2, -0.15) is 0 Å². The Hall–Kier alpha value is -1.26. The van der Waals surface area contributed by atoms with Crippen molar-refractivity contribution in [2.75, 3.05) is 0 Å². The van der Waals surface area contributed by atoms with Crippen LogP contribution in [0.2, 0.25) is 5.02 Å². The molecule has 3 nitrogen and oxygen atoms in total. The van der Waals surface area contributed by atoms with E-state index in [9.17, 15) is 5.11 Å². The number of rotatable bonds is 2. The van der Waals surface area contributed by atoms with Crippen LogP contribution in [-0.4, -0.2) is 10.1 Å². The van der Waals surface area contributed by atoms with Gasteiger partial charge >= 0.3 is 0 Å². The maximum absolute atomic E-state index is 9.18. The van der Waals surface area contributed by atoms with E-state index in [1.807, 2.05) is 6.07 Å². The molecule has 0 aliphatic carbocycles. The molecule has 0 aliphatic heterocycles. The molecule has 0 bridgehead atoms. The highest BCUT2D eigenvalue weighted by molar-refractivity contribution is 9.10. The second kappa shape index (κ2) is 4.72. The second-order valence-corrected chi connectivity index (χ2v) is 4.35. The van der Waals surface area contributed by atoms with Crippen molar-refractivity contribution in [2.45, 2.75) is 0 Å². The number of aromatic hydroxyl groups is 1. The van der Waals surface area contributed by atoms with Crippen LogP contribution in [0, 0.1) is 0 Å². The molecule has 0 saturated carbocycles. The highest BCUT2D eigenvalue weighted by Crippen LogP contribution is 2.31. The Bertz CT molecular complexity index is 502. The number of benzene rings is 1. The monoisotopic (exact) mass is 299 g/mol. The minimum atomic E-state index is 0.0983. The number of phenols is 1. The Labute approximate surface area is 106 Å². The lowest BCUT2D eigenvalue weighted by Crippen LogP contribution is -1.87. The van der Waals surface area contributed by atoms with E-state index in [0.717, 1.165) is 4.47 Å². The third-order valence-electron chi connectivity index (χ3n) is 1.83. The third-order valence-corrected chi connectivity index (χ3v) is 2.59. The van der Waals surface area contributed by atoms with Crippen molar-refractivity contribution < 1.29 is 9.84 Å². The molecule has 1 N–H and O–H groups in total. The average Bonchev–Trinajstić information content (AvgIpc) is 2.25. The first-order valence-electron chi connectivity index (χ1n) is 4.43. The molecule has 2 rings (SSSR count). The summed E-state index contributed by atoms with van der Waals surface area (Å²) in [7, 11) is 0. The molecule has 82 valence electrons. The van der Waals surface area contributed by atoms with Crippen molar-refractivity contribution >= 4 is 27.5 Å². The van der Waals surface area contributed by atoms with Crippen LogP contribution >= 0.6 is 27.5 Å². The summed E-state index contributed by atoms with van der Waals surface area (Å²) in [6.07, 6.45) is 1.63. The standard InChI is InChI=1S/C11H7BrClNO2/c12-7-1-4-11(14-6-7)16-10-3-2-8(15)5-9(10)13/h1-6,15H. The summed E-state index contributed by atoms with van der Waals surface area (Å²) < 4.78 is 6.32. The molecule has 1 aromatic carbocycles. The van der Waals surface area contributed by atoms with Crippen molar-refractivity contribution in [2.24, 2.45) is 0 Å². The average molecular weight is 301 g/mol. The van der Waals surface area contributed by atoms with Gasteiger partial charge in [0.1, 0.15) is 11.5 Å². The van der Waals surface area contributed by atoms with Gasteiger partial charge in [0.05, 0.1) is 5.02 Å². The molecule has 1 aromatic heterocycles. The third kappa shape index (κ3) is 2.65. The number of halogens is 2. The fraction of sp³-hybridized carbons (Fsp3) is 0. The first-order valence-corrected chi connectivity index (χ1v) is 5.60. The molecule has 0 atom stereocenters. The summed E-state index contributed by atoms with van der Waals surface area (Å²) in [6, 6.07) is 8.03. The Morgan fingerprint density at radius 1 is 1.25 bits per heavy atom. The first-order chi connectivity index (χ1) is 7.65. The number of nitrogens with zero attached hydrogens (tertiary/aromatic N) is 1. The lowest BCUT2D eigenvalue weighted by atomic mass is 10.3. The molecular weight excluding hydrogens is 293 g/mol. The zero-order valence-corrected chi connectivity index (χ0v) is 10.4. The fourth-order valence-corrected chi connectivity index (χ4v) is 1.56. The van der Waals surface area contributed by atoms with Crippen molar-refractivity contribution in [1.29, 1.82) is 0 Å². The minimum absolute atomic E-state index is 0.0983. The molecule has 16 heavy (non-hydrogen) atoms. The summed E-state index contributed by atoms with van der Waals surface area (Å²) in [5, 5.41) is 9.52. The number of phenolic OH excluding ortho intramolecular Hbond substituents is 1. The Morgan fingerprint density at radius 2 is 2.06 bits per heavy atom. The van der Waals surface area contributed by atoms with Crippen molar-refractivity contribution in [3.8, 4) is 17.4 Å². The van der Waals surface area contributed by atoms with E-state index in [1.54, 1.807) is 18.3 Å². The SMILES string of the molecule is Oc1ccc(Oc2ccc(Br)cn2)c(Cl)c1. The van der Waals surface area contributed by atoms with Crippen LogP contribution in [-0.2, 0) is 0 Å². The summed E-state index contributed by atoms with van der Waals surface area (Å²) >= 11 is 9.17. The van der Waals surface area contributed by atoms with E-state index in [1.165, 1.54) is 12.1 Å². The van der Waals surface area contributed by atoms with Gasteiger partial charge in [-0.1, -0.05) is 11.6 Å². The van der Waals surface area contributed by atoms with Crippen LogP contribution in [0.3, 0.4) is 0 Å². The maximum Gasteiger partial charge on any atom is 0.219 e. The van der Waals surface area contributed by atoms with Gasteiger partial charge < -0.3 is 9.84 Å². The number of aromatic nitrogens is 1. The van der Waals surface area contributed by atoms with Crippen LogP contribution in [0.25, 0.3) is 0 Å². The zero-order chi connectivity index (χ0) is 11.5. The maximum atomic E-state index is 9.18. The number of pyridine rings is 1. The Balaban J connectivity index is 2.23. The number of ether oxygens (including phenoxy) is 1. The van der Waals surface area contributed by atoms with Gasteiger partial charge in [0.15, 0.2) is 0 Å². The molecule has 0 unspecified atom stereocenters. The van der Waals surface area contributed by atoms with Crippen LogP contribution < -0.4 is 4.74 Å². The largest absolute Gasteiger partial charge is 0.508 e. The molecule has 0 aliphatic rings. The molecule has 0 spiro atoms. The molecule has 0 amide bonds. The van der Waals surface area contributed by atoms with Gasteiger partial charge in [0.25, 0.3) is 0 Å². The van der Waals surface area contributed by atoms with E-state index in [4.69, 9.17) is 16.3 Å². The van der Waals surface area contributed by atoms with E-state index >= 15 is 0 Å². The summed E-state index contributed by atoms with van der Waals surface area (Å²) in [4.78, 5) is 4.05. The summed E-state index contributed by atoms with van der Waals surface area (Å²) in [5.74, 6) is 0.992. The van der Waals surface area contributed by atoms with E-state index in [-0.39, 0.29) is 5.75 Å². The minimum Gasteiger partial charge on any atom is -0.508 e. The zero-order valence-electron chi connectivity index (χ0n) is 8.02. The van der Waals surface area contributed by atoms with Gasteiger partial charge in [0, 0.05) is 22.8 Å². The van der Waals surface area contributed by atoms with Gasteiger partial charge in [-0.3, -0.25) is 0 Å². The smallest absolute Gasteiger partial charge is 0.219 e. The van der Waals surface area contributed by atoms with Gasteiger partial charge in [-0.05, 0) is 34.1 Å². The van der Waals surface area contributed by atoms with Crippen LogP contribution in [0.4, 0.5) is 0 Å². The normalized spacial score (nSPS) is 10.1. The van der Waals surface area contributed by atoms with E-state index in [2.05, 4.69) is 20.9 Å². The summed E-state index contributed by atoms with van der Waals surface area (Å²) in [5.41, 5.74) is 0. The molecule has 0 fully saturated rings. The lowest BCUT2D eigenvalue weighted by molar-refractivity contribution is 0.454. The Kier molecular flexibility index (Phi) is 3.31. The molecular formula is C11H7BrClNO2. The molecule has 0 radical (unpaired) electrons. The Morgan fingerprint density at radius 3 is 2.69 bits per heavy atom. The fourth-order valence-electron chi connectivity index (χ4n) is 1.11. The number of hydrogen-bond donors (Lipinski definition) is 1.